The van der Waals surface area contributed by atoms with Crippen molar-refractivity contribution in [2.24, 2.45) is 0 Å². The fraction of sp³-hybridized carbons (Fsp3) is 0. The fourth-order valence-corrected chi connectivity index (χ4v) is 9.80. The Balaban J connectivity index is 1.03. The zero-order chi connectivity index (χ0) is 35.8. The zero-order valence-electron chi connectivity index (χ0n) is 29.7. The van der Waals surface area contributed by atoms with Crippen LogP contribution in [0.3, 0.4) is 0 Å². The van der Waals surface area contributed by atoms with Gasteiger partial charge in [-0.05, 0) is 121 Å². The number of benzene rings is 12. The molecule has 55 heavy (non-hydrogen) atoms. The number of rotatable bonds is 3. The highest BCUT2D eigenvalue weighted by Gasteiger charge is 2.21. The average molecular weight is 695 g/mol. The van der Waals surface area contributed by atoms with Crippen LogP contribution in [0, 0.1) is 0 Å². The summed E-state index contributed by atoms with van der Waals surface area (Å²) in [6.07, 6.45) is 0. The molecule has 0 fully saturated rings. The first kappa shape index (κ1) is 29.3. The maximum atomic E-state index is 6.97. The van der Waals surface area contributed by atoms with Gasteiger partial charge in [0.25, 0.3) is 0 Å². The second-order valence-corrected chi connectivity index (χ2v) is 15.2. The van der Waals surface area contributed by atoms with Gasteiger partial charge in [-0.25, -0.2) is 0 Å². The maximum Gasteiger partial charge on any atom is 0.143 e. The average Bonchev–Trinajstić information content (AvgIpc) is 3.62. The summed E-state index contributed by atoms with van der Waals surface area (Å²) in [5.41, 5.74) is 8.93. The van der Waals surface area contributed by atoms with Gasteiger partial charge in [0.2, 0.25) is 0 Å². The Kier molecular flexibility index (Phi) is 5.69. The number of hydrogen-bond acceptors (Lipinski definition) is 1. The molecule has 1 nitrogen and oxygen atoms in total. The third-order valence-corrected chi connectivity index (χ3v) is 12.3. The number of furan rings is 1. The number of hydrogen-bond donors (Lipinski definition) is 0. The van der Waals surface area contributed by atoms with Crippen LogP contribution in [0.25, 0.3) is 131 Å². The van der Waals surface area contributed by atoms with E-state index in [0.717, 1.165) is 33.1 Å². The van der Waals surface area contributed by atoms with Crippen molar-refractivity contribution >= 4 is 97.3 Å². The lowest BCUT2D eigenvalue weighted by Crippen LogP contribution is -1.89. The summed E-state index contributed by atoms with van der Waals surface area (Å²) in [6, 6.07) is 67.3. The zero-order valence-corrected chi connectivity index (χ0v) is 29.7. The molecule has 1 heterocycles. The molecule has 0 radical (unpaired) electrons. The summed E-state index contributed by atoms with van der Waals surface area (Å²) in [4.78, 5) is 0. The molecule has 12 aromatic carbocycles. The highest BCUT2D eigenvalue weighted by molar-refractivity contribution is 6.28. The minimum absolute atomic E-state index is 0.908. The van der Waals surface area contributed by atoms with Crippen LogP contribution in [0.5, 0.6) is 0 Å². The van der Waals surface area contributed by atoms with Crippen LogP contribution in [0.15, 0.2) is 186 Å². The maximum absolute atomic E-state index is 6.97. The highest BCUT2D eigenvalue weighted by atomic mass is 16.3. The Hall–Kier alpha value is -7.22. The minimum atomic E-state index is 0.908. The first-order valence-electron chi connectivity index (χ1n) is 19.1. The summed E-state index contributed by atoms with van der Waals surface area (Å²) < 4.78 is 6.97. The quantitative estimate of drug-likeness (QED) is 0.168. The van der Waals surface area contributed by atoms with Gasteiger partial charge in [0, 0.05) is 16.3 Å². The lowest BCUT2D eigenvalue weighted by atomic mass is 9.87. The normalized spacial score (nSPS) is 12.4. The lowest BCUT2D eigenvalue weighted by Gasteiger charge is -2.16. The molecule has 0 atom stereocenters. The molecule has 1 heteroatoms. The smallest absolute Gasteiger partial charge is 0.143 e. The third kappa shape index (κ3) is 4.02. The molecule has 0 aliphatic rings. The second-order valence-electron chi connectivity index (χ2n) is 15.2. The Labute approximate surface area is 315 Å². The van der Waals surface area contributed by atoms with Gasteiger partial charge >= 0.3 is 0 Å². The van der Waals surface area contributed by atoms with Crippen LogP contribution < -0.4 is 0 Å². The van der Waals surface area contributed by atoms with Crippen LogP contribution in [0.2, 0.25) is 0 Å². The van der Waals surface area contributed by atoms with E-state index in [1.165, 1.54) is 97.7 Å². The largest absolute Gasteiger partial charge is 0.455 e. The van der Waals surface area contributed by atoms with E-state index in [0.29, 0.717) is 0 Å². The van der Waals surface area contributed by atoms with Crippen molar-refractivity contribution in [1.82, 2.24) is 0 Å². The molecule has 0 aliphatic heterocycles. The molecular formula is C54H30O. The molecule has 0 bridgehead atoms. The molecule has 0 unspecified atom stereocenters. The molecule has 0 N–H and O–H groups in total. The van der Waals surface area contributed by atoms with Crippen LogP contribution in [0.4, 0.5) is 0 Å². The van der Waals surface area contributed by atoms with Gasteiger partial charge in [0.05, 0.1) is 0 Å². The second kappa shape index (κ2) is 10.7. The summed E-state index contributed by atoms with van der Waals surface area (Å²) in [7, 11) is 0. The van der Waals surface area contributed by atoms with Gasteiger partial charge in [0.1, 0.15) is 11.2 Å². The van der Waals surface area contributed by atoms with Crippen molar-refractivity contribution in [2.75, 3.05) is 0 Å². The standard InChI is InChI=1S/C54H30O/c1-2-6-40-30-48-47(29-39(40)5-1)53-46(43-24-20-38-18-16-34-8-4-10-36-22-26-45(43)52(38)50(34)36)28-27-42(54(53)55-48)32-13-11-31(12-14-32)41-23-19-37-17-15-33-7-3-9-35-21-25-44(41)51(37)49(33)35/h1-30H. The Morgan fingerprint density at radius 1 is 0.255 bits per heavy atom. The van der Waals surface area contributed by atoms with Gasteiger partial charge in [0.15, 0.2) is 0 Å². The topological polar surface area (TPSA) is 13.1 Å². The predicted octanol–water partition coefficient (Wildman–Crippen LogP) is 15.5. The van der Waals surface area contributed by atoms with Crippen molar-refractivity contribution in [1.29, 1.82) is 0 Å². The van der Waals surface area contributed by atoms with E-state index in [1.54, 1.807) is 0 Å². The molecular weight excluding hydrogens is 665 g/mol. The first-order chi connectivity index (χ1) is 27.2. The van der Waals surface area contributed by atoms with E-state index < -0.39 is 0 Å². The first-order valence-corrected chi connectivity index (χ1v) is 19.1. The van der Waals surface area contributed by atoms with E-state index in [2.05, 4.69) is 182 Å². The van der Waals surface area contributed by atoms with Crippen molar-refractivity contribution in [3.63, 3.8) is 0 Å². The summed E-state index contributed by atoms with van der Waals surface area (Å²) in [6.45, 7) is 0. The molecule has 13 rings (SSSR count). The Bertz CT molecular complexity index is 3660. The van der Waals surface area contributed by atoms with Gasteiger partial charge < -0.3 is 4.42 Å². The summed E-state index contributed by atoms with van der Waals surface area (Å²) in [5.74, 6) is 0. The van der Waals surface area contributed by atoms with E-state index >= 15 is 0 Å². The van der Waals surface area contributed by atoms with Crippen molar-refractivity contribution < 1.29 is 4.42 Å². The summed E-state index contributed by atoms with van der Waals surface area (Å²) in [5, 5.41) is 20.3. The van der Waals surface area contributed by atoms with E-state index in [-0.39, 0.29) is 0 Å². The van der Waals surface area contributed by atoms with Crippen LogP contribution in [-0.4, -0.2) is 0 Å². The van der Waals surface area contributed by atoms with Crippen LogP contribution >= 0.6 is 0 Å². The third-order valence-electron chi connectivity index (χ3n) is 12.3. The SMILES string of the molecule is c1ccc2cc3c(cc2c1)oc1c(-c2ccc(-c4ccc5ccc6cccc7ccc4c5c67)cc2)ccc(-c2ccc4ccc5cccc6ccc2c4c56)c13. The summed E-state index contributed by atoms with van der Waals surface area (Å²) >= 11 is 0. The molecule has 1 aromatic heterocycles. The van der Waals surface area contributed by atoms with Crippen molar-refractivity contribution in [2.45, 2.75) is 0 Å². The Morgan fingerprint density at radius 2 is 0.691 bits per heavy atom. The predicted molar refractivity (Wildman–Crippen MR) is 235 cm³/mol. The van der Waals surface area contributed by atoms with Gasteiger partial charge in [-0.3, -0.25) is 0 Å². The van der Waals surface area contributed by atoms with Crippen LogP contribution in [0.1, 0.15) is 0 Å². The molecule has 0 saturated carbocycles. The van der Waals surface area contributed by atoms with E-state index in [1.807, 2.05) is 0 Å². The van der Waals surface area contributed by atoms with Crippen molar-refractivity contribution in [3.8, 4) is 33.4 Å². The van der Waals surface area contributed by atoms with E-state index in [9.17, 15) is 0 Å². The molecule has 0 amide bonds. The molecule has 0 saturated heterocycles. The monoisotopic (exact) mass is 694 g/mol. The molecule has 13 aromatic rings. The van der Waals surface area contributed by atoms with Gasteiger partial charge in [-0.2, -0.15) is 0 Å². The highest BCUT2D eigenvalue weighted by Crippen LogP contribution is 2.47. The van der Waals surface area contributed by atoms with Gasteiger partial charge in [-0.15, -0.1) is 0 Å². The Morgan fingerprint density at radius 3 is 1.31 bits per heavy atom. The van der Waals surface area contributed by atoms with Crippen molar-refractivity contribution in [3.05, 3.63) is 182 Å². The number of fused-ring (bicyclic) bond motifs is 4. The van der Waals surface area contributed by atoms with Crippen LogP contribution in [-0.2, 0) is 0 Å². The molecule has 252 valence electrons. The molecule has 0 aliphatic carbocycles. The lowest BCUT2D eigenvalue weighted by molar-refractivity contribution is 0.670. The fourth-order valence-electron chi connectivity index (χ4n) is 9.80. The van der Waals surface area contributed by atoms with Gasteiger partial charge in [-0.1, -0.05) is 164 Å². The van der Waals surface area contributed by atoms with E-state index in [4.69, 9.17) is 4.42 Å². The minimum Gasteiger partial charge on any atom is -0.455 e. The molecule has 0 spiro atoms.